The van der Waals surface area contributed by atoms with Crippen molar-refractivity contribution in [2.24, 2.45) is 5.92 Å². The van der Waals surface area contributed by atoms with Crippen LogP contribution in [0.1, 0.15) is 24.8 Å². The zero-order chi connectivity index (χ0) is 9.71. The van der Waals surface area contributed by atoms with Gasteiger partial charge < -0.3 is 4.57 Å². The van der Waals surface area contributed by atoms with Gasteiger partial charge in [0, 0.05) is 10.4 Å². The van der Waals surface area contributed by atoms with Gasteiger partial charge in [-0.3, -0.25) is 0 Å². The molecule has 3 heteroatoms. The van der Waals surface area contributed by atoms with E-state index in [1.165, 1.54) is 16.1 Å². The monoisotopic (exact) mass is 204 g/mol. The van der Waals surface area contributed by atoms with Gasteiger partial charge in [-0.2, -0.15) is 0 Å². The smallest absolute Gasteiger partial charge is 0.0957 e. The van der Waals surface area contributed by atoms with Crippen molar-refractivity contribution >= 4 is 11.3 Å². The van der Waals surface area contributed by atoms with Gasteiger partial charge in [0.2, 0.25) is 0 Å². The Balaban J connectivity index is 2.27. The van der Waals surface area contributed by atoms with E-state index in [-0.39, 0.29) is 0 Å². The van der Waals surface area contributed by atoms with Crippen molar-refractivity contribution in [3.8, 4) is 11.3 Å². The summed E-state index contributed by atoms with van der Waals surface area (Å²) in [7, 11) is 0. The lowest BCUT2D eigenvalue weighted by Crippen LogP contribution is -2.10. The average molecular weight is 204 g/mol. The highest BCUT2D eigenvalue weighted by atomic mass is 32.1. The van der Waals surface area contributed by atoms with E-state index in [4.69, 9.17) is 0 Å². The lowest BCUT2D eigenvalue weighted by atomic mass is 10.0. The second-order valence-electron chi connectivity index (χ2n) is 4.07. The minimum Gasteiger partial charge on any atom is -0.322 e. The molecule has 0 spiro atoms. The van der Waals surface area contributed by atoms with Gasteiger partial charge in [-0.15, -0.1) is 11.3 Å². The topological polar surface area (TPSA) is 17.8 Å². The molecule has 2 aromatic rings. The summed E-state index contributed by atoms with van der Waals surface area (Å²) in [6, 6.07) is 2.71. The highest BCUT2D eigenvalue weighted by Gasteiger charge is 2.31. The highest BCUT2D eigenvalue weighted by molar-refractivity contribution is 7.10. The molecule has 2 aromatic heterocycles. The highest BCUT2D eigenvalue weighted by Crippen LogP contribution is 2.45. The maximum Gasteiger partial charge on any atom is 0.0957 e. The maximum absolute atomic E-state index is 4.22. The molecule has 0 aliphatic carbocycles. The number of imidazole rings is 1. The molecule has 1 atom stereocenters. The molecule has 0 saturated carbocycles. The quantitative estimate of drug-likeness (QED) is 0.697. The van der Waals surface area contributed by atoms with E-state index in [0.29, 0.717) is 12.0 Å². The summed E-state index contributed by atoms with van der Waals surface area (Å²) in [6.07, 6.45) is 3.92. The summed E-state index contributed by atoms with van der Waals surface area (Å²) in [4.78, 5) is 5.72. The first-order valence-electron chi connectivity index (χ1n) is 4.88. The number of rotatable bonds is 1. The summed E-state index contributed by atoms with van der Waals surface area (Å²) in [5.41, 5.74) is 2.66. The van der Waals surface area contributed by atoms with Gasteiger partial charge in [0.25, 0.3) is 0 Å². The molecule has 0 fully saturated rings. The lowest BCUT2D eigenvalue weighted by molar-refractivity contribution is 0.459. The standard InChI is InChI=1S/C11H12N2S/c1-7(2)10-11-8(3-4-14-11)9-5-12-6-13(9)10/h3-7,10H,1-2H3/t10-/m0/s1. The van der Waals surface area contributed by atoms with Gasteiger partial charge >= 0.3 is 0 Å². The molecule has 0 saturated heterocycles. The molecule has 0 unspecified atom stereocenters. The van der Waals surface area contributed by atoms with Crippen molar-refractivity contribution in [2.45, 2.75) is 19.9 Å². The predicted octanol–water partition coefficient (Wildman–Crippen LogP) is 3.17. The Morgan fingerprint density at radius 3 is 3.14 bits per heavy atom. The fraction of sp³-hybridized carbons (Fsp3) is 0.364. The van der Waals surface area contributed by atoms with Crippen LogP contribution in [-0.2, 0) is 0 Å². The van der Waals surface area contributed by atoms with Gasteiger partial charge in [-0.05, 0) is 17.4 Å². The van der Waals surface area contributed by atoms with E-state index >= 15 is 0 Å². The Labute approximate surface area is 87.2 Å². The third kappa shape index (κ3) is 0.879. The van der Waals surface area contributed by atoms with Crippen molar-refractivity contribution in [1.82, 2.24) is 9.55 Å². The first-order chi connectivity index (χ1) is 6.79. The van der Waals surface area contributed by atoms with Crippen LogP contribution in [0.5, 0.6) is 0 Å². The van der Waals surface area contributed by atoms with Crippen LogP contribution < -0.4 is 0 Å². The van der Waals surface area contributed by atoms with Crippen molar-refractivity contribution in [3.05, 3.63) is 28.8 Å². The Morgan fingerprint density at radius 1 is 1.50 bits per heavy atom. The SMILES string of the molecule is CC(C)[C@H]1c2sccc2-c2cncn21. The number of aromatic nitrogens is 2. The van der Waals surface area contributed by atoms with Crippen LogP contribution in [0.4, 0.5) is 0 Å². The molecule has 3 heterocycles. The van der Waals surface area contributed by atoms with Crippen molar-refractivity contribution < 1.29 is 0 Å². The van der Waals surface area contributed by atoms with Crippen LogP contribution in [0.2, 0.25) is 0 Å². The Morgan fingerprint density at radius 2 is 2.36 bits per heavy atom. The van der Waals surface area contributed by atoms with Crippen molar-refractivity contribution in [1.29, 1.82) is 0 Å². The average Bonchev–Trinajstić information content (AvgIpc) is 2.70. The maximum atomic E-state index is 4.22. The summed E-state index contributed by atoms with van der Waals surface area (Å²) in [5, 5.41) is 2.18. The molecule has 14 heavy (non-hydrogen) atoms. The largest absolute Gasteiger partial charge is 0.322 e. The number of thiophene rings is 1. The first kappa shape index (κ1) is 8.24. The van der Waals surface area contributed by atoms with Crippen LogP contribution in [-0.4, -0.2) is 9.55 Å². The third-order valence-electron chi connectivity index (χ3n) is 2.84. The number of fused-ring (bicyclic) bond motifs is 3. The fourth-order valence-electron chi connectivity index (χ4n) is 2.25. The summed E-state index contributed by atoms with van der Waals surface area (Å²) in [5.74, 6) is 0.628. The van der Waals surface area contributed by atoms with Crippen molar-refractivity contribution in [3.63, 3.8) is 0 Å². The zero-order valence-corrected chi connectivity index (χ0v) is 9.08. The molecule has 2 nitrogen and oxygen atoms in total. The van der Waals surface area contributed by atoms with Crippen LogP contribution in [0.15, 0.2) is 24.0 Å². The molecule has 0 amide bonds. The molecule has 1 aliphatic rings. The normalized spacial score (nSPS) is 18.6. The summed E-state index contributed by atoms with van der Waals surface area (Å²) < 4.78 is 2.30. The molecule has 72 valence electrons. The van der Waals surface area contributed by atoms with Gasteiger partial charge in [-0.25, -0.2) is 4.98 Å². The molecule has 0 aromatic carbocycles. The summed E-state index contributed by atoms with van der Waals surface area (Å²) >= 11 is 1.86. The molecule has 3 rings (SSSR count). The molecule has 0 bridgehead atoms. The first-order valence-corrected chi connectivity index (χ1v) is 5.76. The van der Waals surface area contributed by atoms with Crippen LogP contribution in [0.25, 0.3) is 11.3 Å². The van der Waals surface area contributed by atoms with Gasteiger partial charge in [0.05, 0.1) is 24.3 Å². The van der Waals surface area contributed by atoms with E-state index in [1.807, 2.05) is 23.9 Å². The molecular weight excluding hydrogens is 192 g/mol. The van der Waals surface area contributed by atoms with Crippen LogP contribution in [0, 0.1) is 5.92 Å². The third-order valence-corrected chi connectivity index (χ3v) is 3.82. The minimum absolute atomic E-state index is 0.502. The Bertz CT molecular complexity index is 427. The minimum atomic E-state index is 0.502. The Kier molecular flexibility index (Phi) is 1.59. The molecule has 0 radical (unpaired) electrons. The van der Waals surface area contributed by atoms with E-state index in [0.717, 1.165) is 0 Å². The fourth-order valence-corrected chi connectivity index (χ4v) is 3.42. The summed E-state index contributed by atoms with van der Waals surface area (Å²) in [6.45, 7) is 4.53. The Hall–Kier alpha value is -1.09. The van der Waals surface area contributed by atoms with Gasteiger partial charge in [0.15, 0.2) is 0 Å². The molecular formula is C11H12N2S. The second-order valence-corrected chi connectivity index (χ2v) is 5.02. The van der Waals surface area contributed by atoms with E-state index in [1.54, 1.807) is 0 Å². The predicted molar refractivity (Wildman–Crippen MR) is 58.5 cm³/mol. The molecule has 0 N–H and O–H groups in total. The number of hydrogen-bond acceptors (Lipinski definition) is 2. The van der Waals surface area contributed by atoms with E-state index < -0.39 is 0 Å². The van der Waals surface area contributed by atoms with Gasteiger partial charge in [-0.1, -0.05) is 13.8 Å². The zero-order valence-electron chi connectivity index (χ0n) is 8.27. The molecule has 1 aliphatic heterocycles. The number of nitrogens with zero attached hydrogens (tertiary/aromatic N) is 2. The van der Waals surface area contributed by atoms with Crippen molar-refractivity contribution in [2.75, 3.05) is 0 Å². The second kappa shape index (κ2) is 2.70. The van der Waals surface area contributed by atoms with Gasteiger partial charge in [0.1, 0.15) is 0 Å². The van der Waals surface area contributed by atoms with E-state index in [2.05, 4.69) is 34.8 Å². The van der Waals surface area contributed by atoms with Crippen LogP contribution in [0.3, 0.4) is 0 Å². The number of hydrogen-bond donors (Lipinski definition) is 0. The van der Waals surface area contributed by atoms with Crippen LogP contribution >= 0.6 is 11.3 Å². The van der Waals surface area contributed by atoms with E-state index in [9.17, 15) is 0 Å². The lowest BCUT2D eigenvalue weighted by Gasteiger charge is -2.17.